The van der Waals surface area contributed by atoms with Crippen molar-refractivity contribution in [2.24, 2.45) is 17.8 Å². The molecule has 670 valence electrons. The first kappa shape index (κ1) is 92.9. The number of urea groups is 3. The van der Waals surface area contributed by atoms with Gasteiger partial charge in [-0.25, -0.2) is 56.8 Å². The van der Waals surface area contributed by atoms with Gasteiger partial charge in [0, 0.05) is 95.4 Å². The number of halogens is 3. The van der Waals surface area contributed by atoms with E-state index in [1.54, 1.807) is 145 Å². The van der Waals surface area contributed by atoms with E-state index in [-0.39, 0.29) is 85.3 Å². The lowest BCUT2D eigenvalue weighted by atomic mass is 9.81. The number of nitrogens with one attached hydrogen (secondary N) is 2. The lowest BCUT2D eigenvalue weighted by Gasteiger charge is -2.47. The van der Waals surface area contributed by atoms with Gasteiger partial charge in [0.1, 0.15) is 63.9 Å². The van der Waals surface area contributed by atoms with E-state index in [4.69, 9.17) is 18.9 Å². The highest BCUT2D eigenvalue weighted by molar-refractivity contribution is 6.10. The van der Waals surface area contributed by atoms with Crippen LogP contribution in [0.3, 0.4) is 0 Å². The molecule has 32 heteroatoms. The van der Waals surface area contributed by atoms with Crippen LogP contribution < -0.4 is 29.9 Å². The minimum absolute atomic E-state index is 0.00572. The smallest absolute Gasteiger partial charge is 0.416 e. The van der Waals surface area contributed by atoms with Crippen LogP contribution in [0.1, 0.15) is 148 Å². The van der Waals surface area contributed by atoms with Crippen LogP contribution in [0, 0.1) is 42.1 Å². The quantitative estimate of drug-likeness (QED) is 0.0597. The summed E-state index contributed by atoms with van der Waals surface area (Å²) in [5, 5.41) is 15.3. The second kappa shape index (κ2) is 40.8. The van der Waals surface area contributed by atoms with Crippen molar-refractivity contribution in [2.45, 2.75) is 166 Å². The van der Waals surface area contributed by atoms with E-state index >= 15 is 0 Å². The number of aromatic nitrogens is 3. The zero-order chi connectivity index (χ0) is 91.3. The Labute approximate surface area is 735 Å². The van der Waals surface area contributed by atoms with Crippen LogP contribution >= 0.6 is 0 Å². The van der Waals surface area contributed by atoms with E-state index in [0.717, 1.165) is 79.5 Å². The molecule has 0 bridgehead atoms. The average molecular weight is 1740 g/mol. The molecule has 0 aliphatic carbocycles. The highest BCUT2D eigenvalue weighted by Gasteiger charge is 2.58. The molecule has 6 fully saturated rings. The fourth-order valence-corrected chi connectivity index (χ4v) is 17.0. The summed E-state index contributed by atoms with van der Waals surface area (Å²) in [6, 6.07) is 39.0. The number of ether oxygens (including phenoxy) is 4. The van der Waals surface area contributed by atoms with Crippen molar-refractivity contribution in [2.75, 3.05) is 77.4 Å². The number of carbonyl (C=O) groups is 11. The molecule has 6 aliphatic heterocycles. The van der Waals surface area contributed by atoms with Gasteiger partial charge in [0.15, 0.2) is 6.04 Å². The van der Waals surface area contributed by atoms with Crippen molar-refractivity contribution in [1.82, 2.24) is 55.0 Å². The molecule has 6 saturated heterocycles. The number of β-lactam (4-membered cyclic amide) rings is 3. The van der Waals surface area contributed by atoms with Crippen molar-refractivity contribution < 1.29 is 90.0 Å². The van der Waals surface area contributed by atoms with E-state index in [0.29, 0.717) is 80.4 Å². The molecule has 0 saturated carbocycles. The number of benzene rings is 5. The van der Waals surface area contributed by atoms with Crippen molar-refractivity contribution >= 4 is 77.4 Å². The topological polar surface area (TPSA) is 334 Å². The third-order valence-electron chi connectivity index (χ3n) is 23.3. The minimum atomic E-state index is -1.36. The van der Waals surface area contributed by atoms with Gasteiger partial charge in [-0.1, -0.05) is 60.7 Å². The molecule has 5 aromatic carbocycles. The third-order valence-corrected chi connectivity index (χ3v) is 23.3. The first-order valence-corrected chi connectivity index (χ1v) is 42.5. The molecule has 127 heavy (non-hydrogen) atoms. The summed E-state index contributed by atoms with van der Waals surface area (Å²) < 4.78 is 63.3. The number of anilines is 2. The van der Waals surface area contributed by atoms with Gasteiger partial charge in [0.05, 0.1) is 45.1 Å². The number of likely N-dealkylation sites (N-methyl/N-ethyl adjacent to an activating group) is 2. The number of imide groups is 3. The zero-order valence-electron chi connectivity index (χ0n) is 73.1. The van der Waals surface area contributed by atoms with Crippen LogP contribution in [-0.2, 0) is 70.6 Å². The number of carbonyl (C=O) groups excluding carboxylic acids is 10. The first-order valence-electron chi connectivity index (χ1n) is 42.5. The van der Waals surface area contributed by atoms with Gasteiger partial charge in [0.25, 0.3) is 0 Å². The number of piperidine rings is 3. The lowest BCUT2D eigenvalue weighted by molar-refractivity contribution is -0.166. The molecule has 3 N–H and O–H groups in total. The Morgan fingerprint density at radius 2 is 0.764 bits per heavy atom. The fraction of sp³-hybridized carbons (Fsp3) is 0.411. The number of hydrogen-bond donors (Lipinski definition) is 3. The SMILES string of the molecule is CNC(=O)[C@@H]1[C@@H](Cc2ccnc(C)c2)C(=O)N1C(=O)N1CCC[C@H](c2cccc(F)c2)C1.CNC(=O)[C@@H]1[C@@H](Cc2ccnc(N(Cc3ccc(OC)cc3)C(=O)OC(C)(C)C)c2)C(=O)N1C(=O)N1CCCC(c2cccc(F)c2)C1.COc1ccc(CN(C(=O)OC(C)(C)C)c2cc(C[C@H]3C(=O)N(C(=O)N4CCCC(c5cccc(F)c5)C4)[C@@H]3C(=O)O)ccn2)cc1. The molecule has 2 unspecified atom stereocenters. The fourth-order valence-electron chi connectivity index (χ4n) is 17.0. The average Bonchev–Trinajstić information content (AvgIpc) is 0.748. The molecule has 29 nitrogen and oxygen atoms in total. The predicted octanol–water partition coefficient (Wildman–Crippen LogP) is 13.6. The number of aliphatic carboxylic acids is 1. The van der Waals surface area contributed by atoms with E-state index < -0.39 is 101 Å². The van der Waals surface area contributed by atoms with Gasteiger partial charge in [-0.3, -0.25) is 48.6 Å². The molecule has 3 aromatic heterocycles. The molecule has 9 heterocycles. The number of methoxy groups -OCH3 is 2. The van der Waals surface area contributed by atoms with Crippen molar-refractivity contribution in [1.29, 1.82) is 0 Å². The molecule has 13 amide bonds. The summed E-state index contributed by atoms with van der Waals surface area (Å²) in [6.45, 7) is 15.0. The van der Waals surface area contributed by atoms with Gasteiger partial charge in [-0.2, -0.15) is 0 Å². The van der Waals surface area contributed by atoms with Crippen LogP contribution in [0.2, 0.25) is 0 Å². The summed E-state index contributed by atoms with van der Waals surface area (Å²) in [7, 11) is 6.11. The second-order valence-electron chi connectivity index (χ2n) is 34.5. The maximum atomic E-state index is 13.9. The molecule has 0 spiro atoms. The number of likely N-dealkylation sites (tertiary alicyclic amines) is 6. The largest absolute Gasteiger partial charge is 0.497 e. The van der Waals surface area contributed by atoms with Gasteiger partial charge >= 0.3 is 36.2 Å². The van der Waals surface area contributed by atoms with Crippen molar-refractivity contribution in [3.63, 3.8) is 0 Å². The molecule has 9 atom stereocenters. The molecular weight excluding hydrogens is 1640 g/mol. The maximum Gasteiger partial charge on any atom is 0.416 e. The number of rotatable bonds is 20. The Balaban J connectivity index is 0.000000177. The van der Waals surface area contributed by atoms with E-state index in [1.807, 2.05) is 55.5 Å². The van der Waals surface area contributed by atoms with E-state index in [1.165, 1.54) is 77.6 Å². The summed E-state index contributed by atoms with van der Waals surface area (Å²) in [5.41, 5.74) is 5.42. The van der Waals surface area contributed by atoms with E-state index in [9.17, 15) is 71.0 Å². The summed E-state index contributed by atoms with van der Waals surface area (Å²) in [6.07, 6.45) is 8.45. The number of aryl methyl sites for hydroxylation is 1. The zero-order valence-corrected chi connectivity index (χ0v) is 73.1. The van der Waals surface area contributed by atoms with Crippen molar-refractivity contribution in [3.8, 4) is 11.5 Å². The Kier molecular flexibility index (Phi) is 29.8. The van der Waals surface area contributed by atoms with Gasteiger partial charge < -0.3 is 49.4 Å². The number of pyridine rings is 3. The number of nitrogens with zero attached hydrogens (tertiary/aromatic N) is 11. The van der Waals surface area contributed by atoms with Gasteiger partial charge in [-0.05, 0) is 248 Å². The minimum Gasteiger partial charge on any atom is -0.497 e. The second-order valence-corrected chi connectivity index (χ2v) is 34.5. The van der Waals surface area contributed by atoms with Crippen LogP contribution in [0.4, 0.5) is 48.8 Å². The number of carboxylic acid groups (broad SMARTS) is 1. The van der Waals surface area contributed by atoms with Crippen LogP contribution in [0.5, 0.6) is 11.5 Å². The molecule has 6 aliphatic rings. The summed E-state index contributed by atoms with van der Waals surface area (Å²) in [5.74, 6) is -5.18. The Morgan fingerprint density at radius 3 is 1.07 bits per heavy atom. The predicted molar refractivity (Wildman–Crippen MR) is 464 cm³/mol. The maximum absolute atomic E-state index is 13.9. The van der Waals surface area contributed by atoms with Crippen LogP contribution in [0.15, 0.2) is 176 Å². The lowest BCUT2D eigenvalue weighted by Crippen LogP contribution is -2.70. The van der Waals surface area contributed by atoms with Gasteiger partial charge in [-0.15, -0.1) is 0 Å². The molecule has 0 radical (unpaired) electrons. The molecular formula is C95H108F3N13O16. The number of hydrogen-bond acceptors (Lipinski definition) is 18. The highest BCUT2D eigenvalue weighted by atomic mass is 19.1. The van der Waals surface area contributed by atoms with Crippen LogP contribution in [0.25, 0.3) is 0 Å². The van der Waals surface area contributed by atoms with Crippen LogP contribution in [-0.4, -0.2) is 212 Å². The third kappa shape index (κ3) is 22.7. The molecule has 8 aromatic rings. The Morgan fingerprint density at radius 1 is 0.441 bits per heavy atom. The standard InChI is InChI=1S/C36H42FN5O6.C35H39FN4O7.C24H27FN4O3/c1-36(2,3)48-35(46)41(21-23-11-13-28(47-5)14-12-23)30-19-24(15-16-39-30)18-29-31(32(43)38-4)42(33(29)44)34(45)40-17-7-9-26(22-40)25-8-6-10-27(37)20-25;1-35(2,3)47-34(45)39(20-22-10-12-27(46-4)13-11-22)29-18-23(14-15-37-29)17-28-30(32(42)43)40(31(28)41)33(44)38-16-6-8-25(21-38)24-7-5-9-26(36)19-24;1-15-11-16(8-9-27-15)12-20-21(22(30)26-2)29(23(20)31)24(32)28-10-4-6-18(14-28)17-5-3-7-19(25)13-17/h6,8,10-16,19-20,26,29,31H,7,9,17-18,21-22H2,1-5H3,(H,38,43);5,7,9-15,18-19,25,28,30H,6,8,16-17,20-21H2,1-4H3,(H,42,43);3,5,7-9,11,13,18,20-21H,4,6,10,12,14H2,1-2H3,(H,26,30)/t26?,29-,31+;25?,28-,30+;18-,20+,21-/m110/s1. The molecule has 14 rings (SSSR count). The summed E-state index contributed by atoms with van der Waals surface area (Å²) in [4.78, 5) is 169. The normalized spacial score (nSPS) is 20.3. The van der Waals surface area contributed by atoms with E-state index in [2.05, 4.69) is 25.6 Å². The van der Waals surface area contributed by atoms with Crippen molar-refractivity contribution in [3.05, 3.63) is 244 Å². The summed E-state index contributed by atoms with van der Waals surface area (Å²) >= 11 is 0. The Hall–Kier alpha value is -13.3. The Bertz CT molecular complexity index is 5360. The van der Waals surface area contributed by atoms with Gasteiger partial charge in [0.2, 0.25) is 29.5 Å². The number of carboxylic acids is 1. The monoisotopic (exact) mass is 1740 g/mol. The number of amides is 13. The highest BCUT2D eigenvalue weighted by Crippen LogP contribution is 2.40. The first-order chi connectivity index (χ1) is 60.6.